The molecular weight excluding hydrogens is 378 g/mol. The van der Waals surface area contributed by atoms with Crippen molar-refractivity contribution in [3.8, 4) is 0 Å². The SMILES string of the molecule is Cc1ccc(C)c(C(=O)N(Cc2cccnc2)c2nc3c(C)cc(C)cc3s2)c1. The number of amides is 1. The highest BCUT2D eigenvalue weighted by molar-refractivity contribution is 7.22. The zero-order valence-electron chi connectivity index (χ0n) is 17.1. The van der Waals surface area contributed by atoms with E-state index >= 15 is 0 Å². The van der Waals surface area contributed by atoms with Crippen LogP contribution in [0.1, 0.15) is 38.2 Å². The maximum atomic E-state index is 13.6. The number of fused-ring (bicyclic) bond motifs is 1. The molecule has 0 spiro atoms. The summed E-state index contributed by atoms with van der Waals surface area (Å²) in [7, 11) is 0. The molecule has 0 N–H and O–H groups in total. The van der Waals surface area contributed by atoms with E-state index in [-0.39, 0.29) is 5.91 Å². The summed E-state index contributed by atoms with van der Waals surface area (Å²) in [5, 5.41) is 0.712. The number of benzene rings is 2. The molecule has 1 amide bonds. The Morgan fingerprint density at radius 3 is 2.59 bits per heavy atom. The molecule has 2 aromatic carbocycles. The van der Waals surface area contributed by atoms with Crippen molar-refractivity contribution in [2.24, 2.45) is 0 Å². The lowest BCUT2D eigenvalue weighted by molar-refractivity contribution is 0.0984. The number of hydrogen-bond acceptors (Lipinski definition) is 4. The van der Waals surface area contributed by atoms with Gasteiger partial charge in [-0.15, -0.1) is 0 Å². The minimum atomic E-state index is -0.0384. The average Bonchev–Trinajstić information content (AvgIpc) is 3.12. The molecule has 0 unspecified atom stereocenters. The van der Waals surface area contributed by atoms with Crippen molar-refractivity contribution >= 4 is 32.6 Å². The zero-order valence-corrected chi connectivity index (χ0v) is 17.9. The van der Waals surface area contributed by atoms with E-state index in [1.807, 2.05) is 44.2 Å². The highest BCUT2D eigenvalue weighted by Crippen LogP contribution is 2.33. The van der Waals surface area contributed by atoms with Gasteiger partial charge in [0.15, 0.2) is 5.13 Å². The Balaban J connectivity index is 1.83. The third-order valence-corrected chi connectivity index (χ3v) is 6.01. The molecule has 146 valence electrons. The van der Waals surface area contributed by atoms with Gasteiger partial charge in [0, 0.05) is 18.0 Å². The predicted octanol–water partition coefficient (Wildman–Crippen LogP) is 5.77. The quantitative estimate of drug-likeness (QED) is 0.436. The topological polar surface area (TPSA) is 46.1 Å². The zero-order chi connectivity index (χ0) is 20.5. The van der Waals surface area contributed by atoms with Gasteiger partial charge in [0.2, 0.25) is 0 Å². The fourth-order valence-electron chi connectivity index (χ4n) is 3.49. The largest absolute Gasteiger partial charge is 0.279 e. The van der Waals surface area contributed by atoms with E-state index in [1.165, 1.54) is 5.56 Å². The smallest absolute Gasteiger partial charge is 0.260 e. The molecule has 0 bridgehead atoms. The van der Waals surface area contributed by atoms with Gasteiger partial charge in [0.05, 0.1) is 16.8 Å². The molecule has 5 heteroatoms. The minimum absolute atomic E-state index is 0.0384. The second-order valence-electron chi connectivity index (χ2n) is 7.50. The van der Waals surface area contributed by atoms with Gasteiger partial charge in [0.25, 0.3) is 5.91 Å². The first-order valence-corrected chi connectivity index (χ1v) is 10.4. The Kier molecular flexibility index (Phi) is 5.16. The normalized spacial score (nSPS) is 11.0. The monoisotopic (exact) mass is 401 g/mol. The highest BCUT2D eigenvalue weighted by atomic mass is 32.1. The van der Waals surface area contributed by atoms with Gasteiger partial charge in [-0.05, 0) is 68.1 Å². The summed E-state index contributed by atoms with van der Waals surface area (Å²) in [5.74, 6) is -0.0384. The number of carbonyl (C=O) groups is 1. The third-order valence-electron chi connectivity index (χ3n) is 4.98. The van der Waals surface area contributed by atoms with Crippen LogP contribution in [-0.4, -0.2) is 15.9 Å². The number of nitrogens with zero attached hydrogens (tertiary/aromatic N) is 3. The Hall–Kier alpha value is -3.05. The third kappa shape index (κ3) is 3.91. The fourth-order valence-corrected chi connectivity index (χ4v) is 4.63. The van der Waals surface area contributed by atoms with Crippen LogP contribution in [-0.2, 0) is 6.54 Å². The number of aromatic nitrogens is 2. The van der Waals surface area contributed by atoms with Crippen molar-refractivity contribution in [3.05, 3.63) is 88.2 Å². The van der Waals surface area contributed by atoms with Crippen molar-refractivity contribution in [2.75, 3.05) is 4.90 Å². The molecule has 0 aliphatic carbocycles. The van der Waals surface area contributed by atoms with E-state index in [4.69, 9.17) is 4.98 Å². The van der Waals surface area contributed by atoms with Crippen molar-refractivity contribution in [1.82, 2.24) is 9.97 Å². The van der Waals surface area contributed by atoms with Crippen LogP contribution in [0.15, 0.2) is 54.9 Å². The van der Waals surface area contributed by atoms with Gasteiger partial charge in [-0.2, -0.15) is 0 Å². The Morgan fingerprint density at radius 2 is 1.83 bits per heavy atom. The summed E-state index contributed by atoms with van der Waals surface area (Å²) < 4.78 is 1.10. The molecule has 2 aromatic heterocycles. The molecule has 0 saturated heterocycles. The average molecular weight is 402 g/mol. The van der Waals surface area contributed by atoms with E-state index < -0.39 is 0 Å². The number of thiazole rings is 1. The summed E-state index contributed by atoms with van der Waals surface area (Å²) in [6.45, 7) is 8.56. The van der Waals surface area contributed by atoms with Gasteiger partial charge >= 0.3 is 0 Å². The maximum Gasteiger partial charge on any atom is 0.260 e. The van der Waals surface area contributed by atoms with Crippen LogP contribution in [0, 0.1) is 27.7 Å². The van der Waals surface area contributed by atoms with Gasteiger partial charge < -0.3 is 0 Å². The van der Waals surface area contributed by atoms with Crippen molar-refractivity contribution < 1.29 is 4.79 Å². The minimum Gasteiger partial charge on any atom is -0.279 e. The van der Waals surface area contributed by atoms with Crippen LogP contribution in [0.5, 0.6) is 0 Å². The van der Waals surface area contributed by atoms with Gasteiger partial charge in [-0.25, -0.2) is 4.98 Å². The Bertz CT molecular complexity index is 1200. The maximum absolute atomic E-state index is 13.6. The molecule has 4 nitrogen and oxygen atoms in total. The number of hydrogen-bond donors (Lipinski definition) is 0. The second-order valence-corrected chi connectivity index (χ2v) is 8.51. The van der Waals surface area contributed by atoms with E-state index in [9.17, 15) is 4.79 Å². The van der Waals surface area contributed by atoms with Crippen LogP contribution in [0.2, 0.25) is 0 Å². The highest BCUT2D eigenvalue weighted by Gasteiger charge is 2.23. The molecule has 0 aliphatic rings. The molecule has 2 heterocycles. The standard InChI is InChI=1S/C24H23N3OS/c1-15-7-8-17(3)20(11-15)23(28)27(14-19-6-5-9-25-13-19)24-26-22-18(4)10-16(2)12-21(22)29-24/h5-13H,14H2,1-4H3. The van der Waals surface area contributed by atoms with Gasteiger partial charge in [0.1, 0.15) is 0 Å². The van der Waals surface area contributed by atoms with E-state index in [1.54, 1.807) is 28.6 Å². The Morgan fingerprint density at radius 1 is 1.00 bits per heavy atom. The molecular formula is C24H23N3OS. The first kappa shape index (κ1) is 19.3. The van der Waals surface area contributed by atoms with Crippen LogP contribution < -0.4 is 4.90 Å². The summed E-state index contributed by atoms with van der Waals surface area (Å²) in [6, 6.07) is 14.1. The lowest BCUT2D eigenvalue weighted by Crippen LogP contribution is -2.31. The first-order chi connectivity index (χ1) is 13.9. The van der Waals surface area contributed by atoms with E-state index in [0.717, 1.165) is 32.5 Å². The van der Waals surface area contributed by atoms with Crippen LogP contribution >= 0.6 is 11.3 Å². The summed E-state index contributed by atoms with van der Waals surface area (Å²) in [6.07, 6.45) is 3.54. The van der Waals surface area contributed by atoms with Crippen molar-refractivity contribution in [1.29, 1.82) is 0 Å². The molecule has 0 radical (unpaired) electrons. The molecule has 0 saturated carbocycles. The summed E-state index contributed by atoms with van der Waals surface area (Å²) in [5.41, 5.74) is 6.99. The number of carbonyl (C=O) groups excluding carboxylic acids is 1. The summed E-state index contributed by atoms with van der Waals surface area (Å²) >= 11 is 1.56. The predicted molar refractivity (Wildman–Crippen MR) is 120 cm³/mol. The van der Waals surface area contributed by atoms with Gasteiger partial charge in [-0.3, -0.25) is 14.7 Å². The lowest BCUT2D eigenvalue weighted by atomic mass is 10.0. The van der Waals surface area contributed by atoms with Crippen LogP contribution in [0.25, 0.3) is 10.2 Å². The van der Waals surface area contributed by atoms with Crippen molar-refractivity contribution in [3.63, 3.8) is 0 Å². The fraction of sp³-hybridized carbons (Fsp3) is 0.208. The van der Waals surface area contributed by atoms with E-state index in [0.29, 0.717) is 17.2 Å². The molecule has 0 fully saturated rings. The lowest BCUT2D eigenvalue weighted by Gasteiger charge is -2.21. The Labute approximate surface area is 174 Å². The molecule has 29 heavy (non-hydrogen) atoms. The first-order valence-electron chi connectivity index (χ1n) is 9.58. The van der Waals surface area contributed by atoms with E-state index in [2.05, 4.69) is 31.0 Å². The number of rotatable bonds is 4. The summed E-state index contributed by atoms with van der Waals surface area (Å²) in [4.78, 5) is 24.5. The number of aryl methyl sites for hydroxylation is 4. The number of anilines is 1. The van der Waals surface area contributed by atoms with Gasteiger partial charge in [-0.1, -0.05) is 41.2 Å². The van der Waals surface area contributed by atoms with Crippen LogP contribution in [0.3, 0.4) is 0 Å². The second kappa shape index (κ2) is 7.76. The van der Waals surface area contributed by atoms with Crippen molar-refractivity contribution in [2.45, 2.75) is 34.2 Å². The molecule has 4 aromatic rings. The molecule has 0 aliphatic heterocycles. The molecule has 0 atom stereocenters. The van der Waals surface area contributed by atoms with Crippen LogP contribution in [0.4, 0.5) is 5.13 Å². The molecule has 4 rings (SSSR count). The number of pyridine rings is 1.